The second-order valence-corrected chi connectivity index (χ2v) is 9.73. The topological polar surface area (TPSA) is 88.2 Å². The van der Waals surface area contributed by atoms with E-state index in [-0.39, 0.29) is 24.8 Å². The van der Waals surface area contributed by atoms with Crippen molar-refractivity contribution in [1.29, 1.82) is 0 Å². The third-order valence-corrected chi connectivity index (χ3v) is 7.18. The van der Waals surface area contributed by atoms with Crippen LogP contribution in [0.15, 0.2) is 78.9 Å². The Kier molecular flexibility index (Phi) is 9.86. The number of ether oxygens (including phenoxy) is 2. The normalized spacial score (nSPS) is 14.8. The van der Waals surface area contributed by atoms with Gasteiger partial charge in [-0.2, -0.15) is 0 Å². The van der Waals surface area contributed by atoms with Crippen LogP contribution >= 0.6 is 12.2 Å². The van der Waals surface area contributed by atoms with E-state index in [2.05, 4.69) is 5.32 Å². The lowest BCUT2D eigenvalue weighted by Gasteiger charge is -2.24. The van der Waals surface area contributed by atoms with Gasteiger partial charge in [-0.3, -0.25) is 14.5 Å². The third kappa shape index (κ3) is 7.24. The van der Waals surface area contributed by atoms with Crippen molar-refractivity contribution in [1.82, 2.24) is 9.80 Å². The Morgan fingerprint density at radius 3 is 2.20 bits per heavy atom. The first kappa shape index (κ1) is 28.8. The molecular formula is C31H33N3O5S. The Morgan fingerprint density at radius 1 is 0.900 bits per heavy atom. The molecule has 0 bridgehead atoms. The summed E-state index contributed by atoms with van der Waals surface area (Å²) < 4.78 is 10.2. The van der Waals surface area contributed by atoms with E-state index in [1.54, 1.807) is 43.2 Å². The summed E-state index contributed by atoms with van der Waals surface area (Å²) in [5, 5.41) is 3.27. The van der Waals surface area contributed by atoms with Crippen LogP contribution in [0.3, 0.4) is 0 Å². The molecule has 0 aromatic heterocycles. The fraction of sp³-hybridized carbons (Fsp3) is 0.290. The summed E-state index contributed by atoms with van der Waals surface area (Å²) in [6.07, 6.45) is 1.26. The van der Waals surface area contributed by atoms with Crippen LogP contribution < -0.4 is 10.1 Å². The fourth-order valence-corrected chi connectivity index (χ4v) is 4.97. The smallest absolute Gasteiger partial charge is 0.338 e. The van der Waals surface area contributed by atoms with Crippen LogP contribution in [-0.4, -0.2) is 65.5 Å². The molecule has 1 N–H and O–H groups in total. The number of methoxy groups -OCH3 is 1. The molecule has 1 atom stereocenters. The molecule has 208 valence electrons. The average Bonchev–Trinajstić information content (AvgIpc) is 3.19. The van der Waals surface area contributed by atoms with Gasteiger partial charge in [0.1, 0.15) is 11.8 Å². The summed E-state index contributed by atoms with van der Waals surface area (Å²) in [5.41, 5.74) is 3.10. The summed E-state index contributed by atoms with van der Waals surface area (Å²) >= 11 is 5.76. The quantitative estimate of drug-likeness (QED) is 0.259. The molecular weight excluding hydrogens is 526 g/mol. The summed E-state index contributed by atoms with van der Waals surface area (Å²) in [7, 11) is 1.62. The van der Waals surface area contributed by atoms with Gasteiger partial charge in [0.05, 0.1) is 25.7 Å². The maximum Gasteiger partial charge on any atom is 0.338 e. The Hall–Kier alpha value is -4.24. The van der Waals surface area contributed by atoms with Crippen molar-refractivity contribution in [2.75, 3.05) is 32.1 Å². The van der Waals surface area contributed by atoms with Gasteiger partial charge >= 0.3 is 5.97 Å². The maximum atomic E-state index is 13.6. The highest BCUT2D eigenvalue weighted by Gasteiger charge is 2.42. The van der Waals surface area contributed by atoms with E-state index in [1.807, 2.05) is 59.5 Å². The Bertz CT molecular complexity index is 1330. The molecule has 2 amide bonds. The Morgan fingerprint density at radius 2 is 1.55 bits per heavy atom. The average molecular weight is 560 g/mol. The van der Waals surface area contributed by atoms with Gasteiger partial charge in [-0.1, -0.05) is 42.5 Å². The van der Waals surface area contributed by atoms with Gasteiger partial charge in [0.25, 0.3) is 5.91 Å². The lowest BCUT2D eigenvalue weighted by molar-refractivity contribution is -0.130. The highest BCUT2D eigenvalue weighted by Crippen LogP contribution is 2.23. The molecule has 1 aliphatic heterocycles. The summed E-state index contributed by atoms with van der Waals surface area (Å²) in [5.74, 6) is -0.144. The van der Waals surface area contributed by atoms with Crippen molar-refractivity contribution in [2.24, 2.45) is 0 Å². The van der Waals surface area contributed by atoms with Gasteiger partial charge < -0.3 is 19.7 Å². The van der Waals surface area contributed by atoms with Gasteiger partial charge in [0.2, 0.25) is 5.91 Å². The maximum absolute atomic E-state index is 13.6. The number of rotatable bonds is 12. The number of amides is 2. The molecule has 9 heteroatoms. The van der Waals surface area contributed by atoms with Gasteiger partial charge in [0.15, 0.2) is 5.11 Å². The molecule has 40 heavy (non-hydrogen) atoms. The lowest BCUT2D eigenvalue weighted by Crippen LogP contribution is -2.39. The highest BCUT2D eigenvalue weighted by atomic mass is 32.1. The zero-order chi connectivity index (χ0) is 28.5. The van der Waals surface area contributed by atoms with E-state index >= 15 is 0 Å². The predicted molar refractivity (Wildman–Crippen MR) is 157 cm³/mol. The summed E-state index contributed by atoms with van der Waals surface area (Å²) in [6.45, 7) is 2.95. The van der Waals surface area contributed by atoms with Gasteiger partial charge in [0, 0.05) is 18.8 Å². The number of carbonyl (C=O) groups is 3. The Balaban J connectivity index is 1.45. The number of hydrogen-bond acceptors (Lipinski definition) is 6. The summed E-state index contributed by atoms with van der Waals surface area (Å²) in [4.78, 5) is 42.0. The van der Waals surface area contributed by atoms with Crippen LogP contribution in [0.4, 0.5) is 5.69 Å². The fourth-order valence-electron chi connectivity index (χ4n) is 4.57. The first-order valence-electron chi connectivity index (χ1n) is 13.3. The van der Waals surface area contributed by atoms with Gasteiger partial charge in [-0.15, -0.1) is 0 Å². The van der Waals surface area contributed by atoms with Crippen LogP contribution in [-0.2, 0) is 27.2 Å². The second kappa shape index (κ2) is 13.7. The largest absolute Gasteiger partial charge is 0.497 e. The predicted octanol–water partition coefficient (Wildman–Crippen LogP) is 4.48. The molecule has 3 aromatic rings. The monoisotopic (exact) mass is 559 g/mol. The molecule has 0 unspecified atom stereocenters. The zero-order valence-electron chi connectivity index (χ0n) is 22.7. The number of carbonyl (C=O) groups excluding carboxylic acids is 3. The van der Waals surface area contributed by atoms with Crippen LogP contribution in [0.1, 0.15) is 34.8 Å². The van der Waals surface area contributed by atoms with E-state index in [0.717, 1.165) is 16.9 Å². The molecule has 1 heterocycles. The molecule has 0 aliphatic carbocycles. The molecule has 0 saturated carbocycles. The first-order chi connectivity index (χ1) is 19.4. The lowest BCUT2D eigenvalue weighted by atomic mass is 10.1. The van der Waals surface area contributed by atoms with Crippen LogP contribution in [0.25, 0.3) is 0 Å². The van der Waals surface area contributed by atoms with Crippen LogP contribution in [0, 0.1) is 0 Å². The van der Waals surface area contributed by atoms with Crippen molar-refractivity contribution < 1.29 is 23.9 Å². The number of nitrogens with one attached hydrogen (secondary N) is 1. The Labute approximate surface area is 239 Å². The third-order valence-electron chi connectivity index (χ3n) is 6.73. The number of benzene rings is 3. The van der Waals surface area contributed by atoms with Crippen molar-refractivity contribution in [3.05, 3.63) is 95.6 Å². The van der Waals surface area contributed by atoms with Crippen LogP contribution in [0.2, 0.25) is 0 Å². The van der Waals surface area contributed by atoms with E-state index in [1.165, 1.54) is 0 Å². The minimum atomic E-state index is -0.708. The number of nitrogens with zero attached hydrogens (tertiary/aromatic N) is 2. The van der Waals surface area contributed by atoms with Crippen molar-refractivity contribution in [2.45, 2.75) is 32.2 Å². The van der Waals surface area contributed by atoms with Gasteiger partial charge in [-0.25, -0.2) is 4.79 Å². The van der Waals surface area contributed by atoms with Gasteiger partial charge in [-0.05, 0) is 79.5 Å². The molecule has 8 nitrogen and oxygen atoms in total. The van der Waals surface area contributed by atoms with E-state index in [0.29, 0.717) is 42.3 Å². The van der Waals surface area contributed by atoms with E-state index in [9.17, 15) is 14.4 Å². The summed E-state index contributed by atoms with van der Waals surface area (Å²) in [6, 6.07) is 23.4. The zero-order valence-corrected chi connectivity index (χ0v) is 23.5. The number of anilines is 1. The minimum absolute atomic E-state index is 0.0525. The number of esters is 1. The molecule has 4 rings (SSSR count). The van der Waals surface area contributed by atoms with E-state index < -0.39 is 12.0 Å². The molecule has 1 aliphatic rings. The highest BCUT2D eigenvalue weighted by molar-refractivity contribution is 7.80. The first-order valence-corrected chi connectivity index (χ1v) is 13.7. The number of thiocarbonyl (C=S) groups is 1. The molecule has 0 spiro atoms. The standard InChI is InChI=1S/C31H33N3O5S/c1-3-39-30(37)24-11-13-25(14-12-24)32-28(35)21-27-29(36)34(20-18-22-7-5-4-6-8-22)31(40)33(27)19-17-23-9-15-26(38-2)16-10-23/h4-16,27H,3,17-21H2,1-2H3,(H,32,35)/t27-/m1/s1. The van der Waals surface area contributed by atoms with Crippen molar-refractivity contribution >= 4 is 40.8 Å². The SMILES string of the molecule is CCOC(=O)c1ccc(NC(=O)C[C@@H]2C(=O)N(CCc3ccccc3)C(=S)N2CCc2ccc(OC)cc2)cc1. The molecule has 0 radical (unpaired) electrons. The minimum Gasteiger partial charge on any atom is -0.497 e. The van der Waals surface area contributed by atoms with Crippen molar-refractivity contribution in [3.8, 4) is 5.75 Å². The molecule has 3 aromatic carbocycles. The molecule has 1 fully saturated rings. The van der Waals surface area contributed by atoms with Crippen molar-refractivity contribution in [3.63, 3.8) is 0 Å². The number of hydrogen-bond donors (Lipinski definition) is 1. The second-order valence-electron chi connectivity index (χ2n) is 9.37. The van der Waals surface area contributed by atoms with Crippen LogP contribution in [0.5, 0.6) is 5.75 Å². The van der Waals surface area contributed by atoms with E-state index in [4.69, 9.17) is 21.7 Å². The molecule has 1 saturated heterocycles.